The first-order valence-electron chi connectivity index (χ1n) is 10.6. The van der Waals surface area contributed by atoms with E-state index in [1.54, 1.807) is 26.5 Å². The summed E-state index contributed by atoms with van der Waals surface area (Å²) in [6.45, 7) is 5.44. The number of nitrogens with one attached hydrogen (secondary N) is 1. The monoisotopic (exact) mass is 448 g/mol. The molecule has 0 atom stereocenters. The molecular weight excluding hydrogens is 420 g/mol. The predicted molar refractivity (Wildman–Crippen MR) is 119 cm³/mol. The van der Waals surface area contributed by atoms with Crippen molar-refractivity contribution in [2.45, 2.75) is 32.2 Å². The molecule has 2 aliphatic rings. The van der Waals surface area contributed by atoms with E-state index in [4.69, 9.17) is 4.42 Å². The molecule has 2 fully saturated rings. The van der Waals surface area contributed by atoms with E-state index >= 15 is 0 Å². The first-order valence-corrected chi connectivity index (χ1v) is 10.6. The Bertz CT molecular complexity index is 966. The van der Waals surface area contributed by atoms with Gasteiger partial charge in [-0.15, -0.1) is 12.4 Å². The van der Waals surface area contributed by atoms with Crippen LogP contribution in [0.15, 0.2) is 39.9 Å². The molecule has 2 amide bonds. The van der Waals surface area contributed by atoms with Gasteiger partial charge in [-0.25, -0.2) is 0 Å². The molecule has 0 bridgehead atoms. The molecule has 4 heterocycles. The molecule has 2 aromatic rings. The van der Waals surface area contributed by atoms with E-state index in [2.05, 4.69) is 5.32 Å². The Hall–Kier alpha value is -2.58. The van der Waals surface area contributed by atoms with Gasteiger partial charge in [0.25, 0.3) is 17.4 Å². The molecule has 0 unspecified atom stereocenters. The quantitative estimate of drug-likeness (QED) is 0.776. The third-order valence-electron chi connectivity index (χ3n) is 6.05. The molecule has 0 saturated carbocycles. The lowest BCUT2D eigenvalue weighted by atomic mass is 10.0. The van der Waals surface area contributed by atoms with E-state index in [1.807, 2.05) is 19.2 Å². The smallest absolute Gasteiger partial charge is 0.289 e. The standard InChI is InChI=1S/C22H28N4O4.ClH/c1-16-7-12-26(17-5-8-23-9-6-17)22(29)19(16)21(28)25-11-3-10-24(13-14-25)20(27)18-4-2-15-30-18;/h2,4,7,12,15,17,23H,3,5-6,8-11,13-14H2,1H3;1H. The Morgan fingerprint density at radius 3 is 2.35 bits per heavy atom. The van der Waals surface area contributed by atoms with Gasteiger partial charge in [0.15, 0.2) is 5.76 Å². The molecule has 8 nitrogen and oxygen atoms in total. The van der Waals surface area contributed by atoms with Gasteiger partial charge in [0.2, 0.25) is 0 Å². The lowest BCUT2D eigenvalue weighted by Gasteiger charge is -2.26. The van der Waals surface area contributed by atoms with Gasteiger partial charge in [-0.3, -0.25) is 14.4 Å². The molecule has 2 aliphatic heterocycles. The molecule has 0 radical (unpaired) electrons. The van der Waals surface area contributed by atoms with E-state index in [9.17, 15) is 14.4 Å². The zero-order valence-corrected chi connectivity index (χ0v) is 18.5. The SMILES string of the molecule is Cc1ccn(C2CCNCC2)c(=O)c1C(=O)N1CCCN(C(=O)c2ccco2)CC1.Cl. The molecule has 4 rings (SSSR count). The largest absolute Gasteiger partial charge is 0.459 e. The van der Waals surface area contributed by atoms with Crippen LogP contribution in [0.25, 0.3) is 0 Å². The number of carbonyl (C=O) groups excluding carboxylic acids is 2. The van der Waals surface area contributed by atoms with Crippen LogP contribution in [0.2, 0.25) is 0 Å². The highest BCUT2D eigenvalue weighted by Gasteiger charge is 2.28. The number of pyridine rings is 1. The Morgan fingerprint density at radius 1 is 1.03 bits per heavy atom. The number of carbonyl (C=O) groups is 2. The van der Waals surface area contributed by atoms with Crippen molar-refractivity contribution in [1.82, 2.24) is 19.7 Å². The maximum Gasteiger partial charge on any atom is 0.289 e. The third-order valence-corrected chi connectivity index (χ3v) is 6.05. The van der Waals surface area contributed by atoms with Crippen molar-refractivity contribution in [1.29, 1.82) is 0 Å². The fourth-order valence-electron chi connectivity index (χ4n) is 4.31. The summed E-state index contributed by atoms with van der Waals surface area (Å²) in [6, 6.07) is 5.32. The normalized spacial score (nSPS) is 17.7. The molecule has 31 heavy (non-hydrogen) atoms. The second-order valence-electron chi connectivity index (χ2n) is 7.98. The summed E-state index contributed by atoms with van der Waals surface area (Å²) in [5.74, 6) is -0.106. The van der Waals surface area contributed by atoms with Crippen molar-refractivity contribution < 1.29 is 14.0 Å². The average Bonchev–Trinajstić information content (AvgIpc) is 3.18. The van der Waals surface area contributed by atoms with Gasteiger partial charge in [-0.1, -0.05) is 0 Å². The van der Waals surface area contributed by atoms with Crippen molar-refractivity contribution in [2.24, 2.45) is 0 Å². The van der Waals surface area contributed by atoms with Crippen LogP contribution < -0.4 is 10.9 Å². The van der Waals surface area contributed by atoms with Crippen LogP contribution in [0.5, 0.6) is 0 Å². The number of rotatable bonds is 3. The summed E-state index contributed by atoms with van der Waals surface area (Å²) < 4.78 is 6.94. The van der Waals surface area contributed by atoms with Crippen molar-refractivity contribution in [2.75, 3.05) is 39.3 Å². The topological polar surface area (TPSA) is 87.8 Å². The van der Waals surface area contributed by atoms with Gasteiger partial charge in [-0.05, 0) is 63.0 Å². The average molecular weight is 449 g/mol. The highest BCUT2D eigenvalue weighted by Crippen LogP contribution is 2.18. The van der Waals surface area contributed by atoms with Gasteiger partial charge >= 0.3 is 0 Å². The number of hydrogen-bond donors (Lipinski definition) is 1. The van der Waals surface area contributed by atoms with Crippen LogP contribution in [0, 0.1) is 6.92 Å². The lowest BCUT2D eigenvalue weighted by Crippen LogP contribution is -2.41. The van der Waals surface area contributed by atoms with Gasteiger partial charge < -0.3 is 24.1 Å². The van der Waals surface area contributed by atoms with Crippen molar-refractivity contribution in [3.63, 3.8) is 0 Å². The van der Waals surface area contributed by atoms with Crippen LogP contribution in [0.3, 0.4) is 0 Å². The van der Waals surface area contributed by atoms with E-state index < -0.39 is 0 Å². The highest BCUT2D eigenvalue weighted by molar-refractivity contribution is 5.95. The zero-order valence-electron chi connectivity index (χ0n) is 17.7. The van der Waals surface area contributed by atoms with Crippen molar-refractivity contribution >= 4 is 24.2 Å². The molecule has 9 heteroatoms. The summed E-state index contributed by atoms with van der Waals surface area (Å²) in [7, 11) is 0. The Morgan fingerprint density at radius 2 is 1.71 bits per heavy atom. The maximum absolute atomic E-state index is 13.3. The number of aryl methyl sites for hydroxylation is 1. The minimum absolute atomic E-state index is 0. The van der Waals surface area contributed by atoms with Crippen LogP contribution in [0.1, 0.15) is 51.8 Å². The minimum atomic E-state index is -0.243. The van der Waals surface area contributed by atoms with Crippen LogP contribution in [0.4, 0.5) is 0 Å². The molecule has 1 N–H and O–H groups in total. The van der Waals surface area contributed by atoms with Crippen LogP contribution in [-0.2, 0) is 0 Å². The number of piperidine rings is 1. The molecule has 0 aromatic carbocycles. The number of furan rings is 1. The second-order valence-corrected chi connectivity index (χ2v) is 7.98. The summed E-state index contributed by atoms with van der Waals surface area (Å²) in [4.78, 5) is 42.5. The molecule has 168 valence electrons. The molecular formula is C22H29ClN4O4. The highest BCUT2D eigenvalue weighted by atomic mass is 35.5. The maximum atomic E-state index is 13.3. The van der Waals surface area contributed by atoms with Gasteiger partial charge in [0.1, 0.15) is 5.56 Å². The predicted octanol–water partition coefficient (Wildman–Crippen LogP) is 2.08. The Kier molecular flexibility index (Phi) is 7.56. The van der Waals surface area contributed by atoms with E-state index in [0.717, 1.165) is 25.9 Å². The first kappa shape index (κ1) is 23.1. The summed E-state index contributed by atoms with van der Waals surface area (Å²) in [5.41, 5.74) is 0.740. The van der Waals surface area contributed by atoms with E-state index in [-0.39, 0.29) is 41.4 Å². The summed E-state index contributed by atoms with van der Waals surface area (Å²) >= 11 is 0. The summed E-state index contributed by atoms with van der Waals surface area (Å²) in [5, 5.41) is 3.31. The van der Waals surface area contributed by atoms with E-state index in [0.29, 0.717) is 43.9 Å². The Labute approximate surface area is 187 Å². The van der Waals surface area contributed by atoms with E-state index in [1.165, 1.54) is 6.26 Å². The van der Waals surface area contributed by atoms with Crippen LogP contribution >= 0.6 is 12.4 Å². The third kappa shape index (κ3) is 4.85. The molecule has 0 spiro atoms. The fraction of sp³-hybridized carbons (Fsp3) is 0.500. The van der Waals surface area contributed by atoms with Gasteiger partial charge in [-0.2, -0.15) is 0 Å². The van der Waals surface area contributed by atoms with Crippen molar-refractivity contribution in [3.05, 3.63) is 57.9 Å². The number of halogens is 1. The Balaban J connectivity index is 0.00000272. The van der Waals surface area contributed by atoms with Gasteiger partial charge in [0.05, 0.1) is 6.26 Å². The summed E-state index contributed by atoms with van der Waals surface area (Å²) in [6.07, 6.45) is 5.71. The molecule has 2 aromatic heterocycles. The van der Waals surface area contributed by atoms with Crippen LogP contribution in [-0.4, -0.2) is 65.4 Å². The minimum Gasteiger partial charge on any atom is -0.459 e. The number of hydrogen-bond acceptors (Lipinski definition) is 5. The fourth-order valence-corrected chi connectivity index (χ4v) is 4.31. The molecule has 0 aliphatic carbocycles. The number of aromatic nitrogens is 1. The zero-order chi connectivity index (χ0) is 21.1. The van der Waals surface area contributed by atoms with Gasteiger partial charge in [0, 0.05) is 38.4 Å². The van der Waals surface area contributed by atoms with Crippen molar-refractivity contribution in [3.8, 4) is 0 Å². The lowest BCUT2D eigenvalue weighted by molar-refractivity contribution is 0.0699. The number of nitrogens with zero attached hydrogens (tertiary/aromatic N) is 3. The second kappa shape index (κ2) is 10.2. The molecule has 2 saturated heterocycles. The number of amides is 2. The first-order chi connectivity index (χ1) is 14.6.